The Bertz CT molecular complexity index is 905. The molecule has 0 unspecified atom stereocenters. The van der Waals surface area contributed by atoms with Gasteiger partial charge in [-0.05, 0) is 18.2 Å². The highest BCUT2D eigenvalue weighted by atomic mass is 19.1. The van der Waals surface area contributed by atoms with E-state index in [-0.39, 0.29) is 5.56 Å². The zero-order chi connectivity index (χ0) is 17.3. The molecular formula is C17H17FN4O2. The number of hydrogen-bond donors (Lipinski definition) is 2. The minimum atomic E-state index is -0.628. The number of benzene rings is 2. The van der Waals surface area contributed by atoms with Gasteiger partial charge in [0.25, 0.3) is 5.91 Å². The Morgan fingerprint density at radius 2 is 2.04 bits per heavy atom. The van der Waals surface area contributed by atoms with Crippen molar-refractivity contribution in [1.29, 1.82) is 0 Å². The summed E-state index contributed by atoms with van der Waals surface area (Å²) < 4.78 is 19.6. The molecule has 7 heteroatoms. The van der Waals surface area contributed by atoms with Crippen LogP contribution in [0.4, 0.5) is 15.9 Å². The summed E-state index contributed by atoms with van der Waals surface area (Å²) in [6.45, 7) is 0. The van der Waals surface area contributed by atoms with E-state index >= 15 is 0 Å². The fourth-order valence-electron chi connectivity index (χ4n) is 2.41. The van der Waals surface area contributed by atoms with Crippen molar-refractivity contribution in [2.75, 3.05) is 26.5 Å². The number of halogens is 1. The molecule has 1 heterocycles. The SMILES string of the molecule is COc1cc(C(=O)N(C)C)c(F)cc1Nc1n[nH]c2ccccc12. The smallest absolute Gasteiger partial charge is 0.256 e. The normalized spacial score (nSPS) is 10.7. The van der Waals surface area contributed by atoms with Gasteiger partial charge in [0.05, 0.1) is 23.9 Å². The fourth-order valence-corrected chi connectivity index (χ4v) is 2.41. The molecule has 0 saturated carbocycles. The quantitative estimate of drug-likeness (QED) is 0.772. The summed E-state index contributed by atoms with van der Waals surface area (Å²) in [6, 6.07) is 10.2. The van der Waals surface area contributed by atoms with Gasteiger partial charge in [0.1, 0.15) is 11.6 Å². The van der Waals surface area contributed by atoms with Gasteiger partial charge in [0.2, 0.25) is 0 Å². The third-order valence-corrected chi connectivity index (χ3v) is 3.65. The van der Waals surface area contributed by atoms with Crippen LogP contribution in [-0.2, 0) is 0 Å². The number of rotatable bonds is 4. The summed E-state index contributed by atoms with van der Waals surface area (Å²) in [5.74, 6) is -0.150. The first-order valence-corrected chi connectivity index (χ1v) is 7.30. The number of ether oxygens (including phenoxy) is 1. The zero-order valence-electron chi connectivity index (χ0n) is 13.6. The summed E-state index contributed by atoms with van der Waals surface area (Å²) >= 11 is 0. The van der Waals surface area contributed by atoms with E-state index in [0.29, 0.717) is 17.3 Å². The summed E-state index contributed by atoms with van der Waals surface area (Å²) in [5, 5.41) is 11.0. The van der Waals surface area contributed by atoms with E-state index in [0.717, 1.165) is 10.9 Å². The Labute approximate surface area is 138 Å². The summed E-state index contributed by atoms with van der Waals surface area (Å²) in [6.07, 6.45) is 0. The third kappa shape index (κ3) is 2.76. The molecule has 3 rings (SSSR count). The largest absolute Gasteiger partial charge is 0.495 e. The van der Waals surface area contributed by atoms with Crippen LogP contribution in [-0.4, -0.2) is 42.2 Å². The predicted molar refractivity (Wildman–Crippen MR) is 90.3 cm³/mol. The van der Waals surface area contributed by atoms with Crippen molar-refractivity contribution in [2.24, 2.45) is 0 Å². The van der Waals surface area contributed by atoms with Crippen molar-refractivity contribution in [3.8, 4) is 5.75 Å². The fraction of sp³-hybridized carbons (Fsp3) is 0.176. The lowest BCUT2D eigenvalue weighted by Crippen LogP contribution is -2.23. The maximum Gasteiger partial charge on any atom is 0.256 e. The van der Waals surface area contributed by atoms with Gasteiger partial charge in [-0.1, -0.05) is 12.1 Å². The van der Waals surface area contributed by atoms with Gasteiger partial charge in [-0.25, -0.2) is 4.39 Å². The van der Waals surface area contributed by atoms with Crippen molar-refractivity contribution in [1.82, 2.24) is 15.1 Å². The lowest BCUT2D eigenvalue weighted by Gasteiger charge is -2.15. The third-order valence-electron chi connectivity index (χ3n) is 3.65. The van der Waals surface area contributed by atoms with E-state index in [1.54, 1.807) is 14.1 Å². The van der Waals surface area contributed by atoms with Crippen LogP contribution in [0.2, 0.25) is 0 Å². The van der Waals surface area contributed by atoms with Crippen LogP contribution in [0.25, 0.3) is 10.9 Å². The zero-order valence-corrected chi connectivity index (χ0v) is 13.6. The number of methoxy groups -OCH3 is 1. The average Bonchev–Trinajstić information content (AvgIpc) is 2.97. The molecule has 2 aromatic carbocycles. The van der Waals surface area contributed by atoms with Crippen LogP contribution in [0, 0.1) is 5.82 Å². The second-order valence-corrected chi connectivity index (χ2v) is 5.47. The molecule has 6 nitrogen and oxygen atoms in total. The first-order chi connectivity index (χ1) is 11.5. The molecule has 0 fully saturated rings. The van der Waals surface area contributed by atoms with Crippen molar-refractivity contribution in [3.63, 3.8) is 0 Å². The monoisotopic (exact) mass is 328 g/mol. The maximum absolute atomic E-state index is 14.3. The first kappa shape index (κ1) is 15.8. The van der Waals surface area contributed by atoms with Gasteiger partial charge in [0.15, 0.2) is 5.82 Å². The Morgan fingerprint density at radius 3 is 2.75 bits per heavy atom. The molecule has 0 aliphatic heterocycles. The standard InChI is InChI=1S/C17H17FN4O2/c1-22(2)17(23)11-8-15(24-3)14(9-12(11)18)19-16-10-6-4-5-7-13(10)20-21-16/h4-9H,1-3H3,(H2,19,20,21). The molecule has 124 valence electrons. The van der Waals surface area contributed by atoms with Crippen LogP contribution in [0.5, 0.6) is 5.75 Å². The number of nitrogens with one attached hydrogen (secondary N) is 2. The molecule has 0 aliphatic rings. The van der Waals surface area contributed by atoms with Crippen LogP contribution in [0.15, 0.2) is 36.4 Å². The van der Waals surface area contributed by atoms with E-state index < -0.39 is 11.7 Å². The van der Waals surface area contributed by atoms with Gasteiger partial charge in [0, 0.05) is 25.5 Å². The number of aromatic nitrogens is 2. The number of H-pyrrole nitrogens is 1. The minimum Gasteiger partial charge on any atom is -0.495 e. The average molecular weight is 328 g/mol. The van der Waals surface area contributed by atoms with E-state index in [2.05, 4.69) is 15.5 Å². The van der Waals surface area contributed by atoms with Gasteiger partial charge >= 0.3 is 0 Å². The molecule has 0 spiro atoms. The van der Waals surface area contributed by atoms with Crippen molar-refractivity contribution in [2.45, 2.75) is 0 Å². The highest BCUT2D eigenvalue weighted by Gasteiger charge is 2.19. The van der Waals surface area contributed by atoms with Crippen LogP contribution in [0.3, 0.4) is 0 Å². The number of carbonyl (C=O) groups excluding carboxylic acids is 1. The van der Waals surface area contributed by atoms with Crippen LogP contribution >= 0.6 is 0 Å². The molecule has 24 heavy (non-hydrogen) atoms. The van der Waals surface area contributed by atoms with E-state index in [1.807, 2.05) is 24.3 Å². The van der Waals surface area contributed by atoms with Crippen molar-refractivity contribution < 1.29 is 13.9 Å². The van der Waals surface area contributed by atoms with E-state index in [4.69, 9.17) is 4.74 Å². The number of fused-ring (bicyclic) bond motifs is 1. The molecular weight excluding hydrogens is 311 g/mol. The van der Waals surface area contributed by atoms with Gasteiger partial charge < -0.3 is 15.0 Å². The van der Waals surface area contributed by atoms with Crippen molar-refractivity contribution in [3.05, 3.63) is 47.8 Å². The first-order valence-electron chi connectivity index (χ1n) is 7.30. The van der Waals surface area contributed by atoms with Gasteiger partial charge in [-0.15, -0.1) is 0 Å². The second-order valence-electron chi connectivity index (χ2n) is 5.47. The number of amides is 1. The van der Waals surface area contributed by atoms with Gasteiger partial charge in [-0.3, -0.25) is 9.89 Å². The highest BCUT2D eigenvalue weighted by molar-refractivity contribution is 5.96. The summed E-state index contributed by atoms with van der Waals surface area (Å²) in [7, 11) is 4.59. The Hall–Kier alpha value is -3.09. The minimum absolute atomic E-state index is 0.0470. The lowest BCUT2D eigenvalue weighted by molar-refractivity contribution is 0.0822. The Kier molecular flexibility index (Phi) is 4.07. The molecule has 0 aliphatic carbocycles. The molecule has 0 bridgehead atoms. The summed E-state index contributed by atoms with van der Waals surface area (Å²) in [4.78, 5) is 13.3. The second kappa shape index (κ2) is 6.19. The molecule has 0 radical (unpaired) electrons. The summed E-state index contributed by atoms with van der Waals surface area (Å²) in [5.41, 5.74) is 1.20. The number of para-hydroxylation sites is 1. The Balaban J connectivity index is 2.02. The van der Waals surface area contributed by atoms with Crippen LogP contribution in [0.1, 0.15) is 10.4 Å². The van der Waals surface area contributed by atoms with E-state index in [9.17, 15) is 9.18 Å². The molecule has 3 aromatic rings. The number of nitrogens with zero attached hydrogens (tertiary/aromatic N) is 2. The number of hydrogen-bond acceptors (Lipinski definition) is 4. The number of carbonyl (C=O) groups is 1. The van der Waals surface area contributed by atoms with E-state index in [1.165, 1.54) is 24.1 Å². The predicted octanol–water partition coefficient (Wildman–Crippen LogP) is 3.16. The Morgan fingerprint density at radius 1 is 1.29 bits per heavy atom. The van der Waals surface area contributed by atoms with Gasteiger partial charge in [-0.2, -0.15) is 5.10 Å². The maximum atomic E-state index is 14.3. The molecule has 2 N–H and O–H groups in total. The lowest BCUT2D eigenvalue weighted by atomic mass is 10.1. The highest BCUT2D eigenvalue weighted by Crippen LogP contribution is 2.32. The molecule has 0 atom stereocenters. The topological polar surface area (TPSA) is 70.2 Å². The molecule has 0 saturated heterocycles. The molecule has 1 amide bonds. The molecule has 1 aromatic heterocycles. The van der Waals surface area contributed by atoms with Crippen molar-refractivity contribution >= 4 is 28.3 Å². The number of aromatic amines is 1. The number of anilines is 2. The van der Waals surface area contributed by atoms with Crippen LogP contribution < -0.4 is 10.1 Å².